The first-order chi connectivity index (χ1) is 4.66. The molecule has 0 spiro atoms. The lowest BCUT2D eigenvalue weighted by atomic mass is 9.72. The van der Waals surface area contributed by atoms with E-state index >= 15 is 0 Å². The van der Waals surface area contributed by atoms with E-state index in [1.165, 1.54) is 0 Å². The van der Waals surface area contributed by atoms with E-state index in [1.807, 2.05) is 0 Å². The zero-order chi connectivity index (χ0) is 7.35. The maximum atomic E-state index is 5.40. The van der Waals surface area contributed by atoms with Crippen molar-refractivity contribution in [3.05, 3.63) is 0 Å². The van der Waals surface area contributed by atoms with Gasteiger partial charge in [-0.25, -0.2) is 0 Å². The lowest BCUT2D eigenvalue weighted by Crippen LogP contribution is -2.67. The molecule has 2 aliphatic heterocycles. The molecule has 0 bridgehead atoms. The summed E-state index contributed by atoms with van der Waals surface area (Å²) in [5.41, 5.74) is 0.374. The lowest BCUT2D eigenvalue weighted by Gasteiger charge is -2.55. The second-order valence-corrected chi connectivity index (χ2v) is 3.83. The molecule has 0 saturated carbocycles. The highest BCUT2D eigenvalue weighted by molar-refractivity contribution is 5.08. The molecule has 2 fully saturated rings. The van der Waals surface area contributed by atoms with Crippen LogP contribution < -0.4 is 0 Å². The van der Waals surface area contributed by atoms with Gasteiger partial charge >= 0.3 is 0 Å². The van der Waals surface area contributed by atoms with Gasteiger partial charge in [0.25, 0.3) is 0 Å². The van der Waals surface area contributed by atoms with Crippen molar-refractivity contribution >= 4 is 0 Å². The summed E-state index contributed by atoms with van der Waals surface area (Å²) in [4.78, 5) is 2.44. The molecule has 0 amide bonds. The summed E-state index contributed by atoms with van der Waals surface area (Å²) in [6, 6.07) is 0.729. The zero-order valence-corrected chi connectivity index (χ0v) is 6.92. The van der Waals surface area contributed by atoms with Gasteiger partial charge < -0.3 is 4.74 Å². The molecule has 0 aromatic carbocycles. The van der Waals surface area contributed by atoms with E-state index in [9.17, 15) is 0 Å². The minimum Gasteiger partial charge on any atom is -0.364 e. The van der Waals surface area contributed by atoms with Crippen LogP contribution in [-0.4, -0.2) is 29.8 Å². The summed E-state index contributed by atoms with van der Waals surface area (Å²) in [5, 5.41) is 0. The molecule has 2 unspecified atom stereocenters. The summed E-state index contributed by atoms with van der Waals surface area (Å²) < 4.78 is 5.40. The molecule has 0 N–H and O–H groups in total. The Hall–Kier alpha value is -0.0800. The Morgan fingerprint density at radius 2 is 2.20 bits per heavy atom. The van der Waals surface area contributed by atoms with Crippen molar-refractivity contribution in [3.8, 4) is 0 Å². The molecule has 2 aliphatic rings. The van der Waals surface area contributed by atoms with Crippen LogP contribution in [0.2, 0.25) is 0 Å². The largest absolute Gasteiger partial charge is 0.364 e. The number of nitrogens with zero attached hydrogens (tertiary/aromatic N) is 1. The SMILES string of the molecule is CC1C(C)[C@@]2(C)COCN12. The van der Waals surface area contributed by atoms with E-state index in [-0.39, 0.29) is 0 Å². The molecule has 2 nitrogen and oxygen atoms in total. The molecule has 2 rings (SSSR count). The van der Waals surface area contributed by atoms with Gasteiger partial charge in [0.2, 0.25) is 0 Å². The van der Waals surface area contributed by atoms with Crippen LogP contribution in [0.4, 0.5) is 0 Å². The second-order valence-electron chi connectivity index (χ2n) is 3.83. The van der Waals surface area contributed by atoms with E-state index in [1.54, 1.807) is 0 Å². The van der Waals surface area contributed by atoms with Gasteiger partial charge in [-0.15, -0.1) is 0 Å². The summed E-state index contributed by atoms with van der Waals surface area (Å²) in [7, 11) is 0. The second kappa shape index (κ2) is 1.74. The summed E-state index contributed by atoms with van der Waals surface area (Å²) in [5.74, 6) is 0.801. The molecule has 2 saturated heterocycles. The third kappa shape index (κ3) is 0.523. The monoisotopic (exact) mass is 141 g/mol. The van der Waals surface area contributed by atoms with E-state index in [4.69, 9.17) is 4.74 Å². The Balaban J connectivity index is 2.19. The standard InChI is InChI=1S/C8H15NO/c1-6-7(2)9-5-10-4-8(6,9)3/h6-7H,4-5H2,1-3H3/t6?,7?,8-/m1/s1. The van der Waals surface area contributed by atoms with Crippen molar-refractivity contribution in [2.75, 3.05) is 13.3 Å². The summed E-state index contributed by atoms with van der Waals surface area (Å²) >= 11 is 0. The minimum atomic E-state index is 0.374. The first kappa shape index (κ1) is 6.62. The topological polar surface area (TPSA) is 12.5 Å². The third-order valence-electron chi connectivity index (χ3n) is 3.48. The Labute approximate surface area is 62.2 Å². The van der Waals surface area contributed by atoms with Crippen molar-refractivity contribution in [2.45, 2.75) is 32.4 Å². The van der Waals surface area contributed by atoms with Gasteiger partial charge in [0.15, 0.2) is 0 Å². The maximum absolute atomic E-state index is 5.40. The summed E-state index contributed by atoms with van der Waals surface area (Å²) in [6.45, 7) is 8.67. The van der Waals surface area contributed by atoms with Gasteiger partial charge in [0, 0.05) is 11.6 Å². The number of ether oxygens (including phenoxy) is 1. The van der Waals surface area contributed by atoms with Gasteiger partial charge in [-0.3, -0.25) is 4.90 Å². The smallest absolute Gasteiger partial charge is 0.0998 e. The molecular formula is C8H15NO. The normalized spacial score (nSPS) is 54.3. The van der Waals surface area contributed by atoms with Crippen molar-refractivity contribution in [1.29, 1.82) is 0 Å². The quantitative estimate of drug-likeness (QED) is 0.500. The van der Waals surface area contributed by atoms with Gasteiger partial charge in [-0.1, -0.05) is 6.92 Å². The fourth-order valence-corrected chi connectivity index (χ4v) is 2.26. The van der Waals surface area contributed by atoms with Crippen molar-refractivity contribution in [2.24, 2.45) is 5.92 Å². The number of hydrogen-bond acceptors (Lipinski definition) is 2. The van der Waals surface area contributed by atoms with Gasteiger partial charge in [-0.2, -0.15) is 0 Å². The molecule has 0 aromatic heterocycles. The minimum absolute atomic E-state index is 0.374. The van der Waals surface area contributed by atoms with Crippen LogP contribution in [0.1, 0.15) is 20.8 Å². The molecule has 3 atom stereocenters. The van der Waals surface area contributed by atoms with E-state index in [0.717, 1.165) is 25.3 Å². The highest BCUT2D eigenvalue weighted by Gasteiger charge is 2.55. The Morgan fingerprint density at radius 1 is 1.50 bits per heavy atom. The van der Waals surface area contributed by atoms with Gasteiger partial charge in [-0.05, 0) is 19.8 Å². The van der Waals surface area contributed by atoms with Crippen LogP contribution in [0.3, 0.4) is 0 Å². The number of hydrogen-bond donors (Lipinski definition) is 0. The Morgan fingerprint density at radius 3 is 2.80 bits per heavy atom. The van der Waals surface area contributed by atoms with Crippen LogP contribution in [0.25, 0.3) is 0 Å². The van der Waals surface area contributed by atoms with E-state index in [2.05, 4.69) is 25.7 Å². The predicted octanol–water partition coefficient (Wildman–Crippen LogP) is 1.07. The van der Waals surface area contributed by atoms with Crippen LogP contribution in [0.15, 0.2) is 0 Å². The van der Waals surface area contributed by atoms with Crippen LogP contribution >= 0.6 is 0 Å². The average Bonchev–Trinajstić information content (AvgIpc) is 2.28. The van der Waals surface area contributed by atoms with Crippen LogP contribution in [0.5, 0.6) is 0 Å². The maximum Gasteiger partial charge on any atom is 0.0998 e. The third-order valence-corrected chi connectivity index (χ3v) is 3.48. The van der Waals surface area contributed by atoms with Crippen LogP contribution in [-0.2, 0) is 4.74 Å². The Bertz CT molecular complexity index is 159. The zero-order valence-electron chi connectivity index (χ0n) is 6.92. The fourth-order valence-electron chi connectivity index (χ4n) is 2.26. The van der Waals surface area contributed by atoms with E-state index in [0.29, 0.717) is 5.54 Å². The predicted molar refractivity (Wildman–Crippen MR) is 39.7 cm³/mol. The Kier molecular flexibility index (Phi) is 1.15. The highest BCUT2D eigenvalue weighted by atomic mass is 16.5. The molecule has 10 heavy (non-hydrogen) atoms. The van der Waals surface area contributed by atoms with Gasteiger partial charge in [0.05, 0.1) is 13.3 Å². The van der Waals surface area contributed by atoms with Gasteiger partial charge in [0.1, 0.15) is 0 Å². The first-order valence-corrected chi connectivity index (χ1v) is 4.01. The van der Waals surface area contributed by atoms with E-state index < -0.39 is 0 Å². The average molecular weight is 141 g/mol. The molecular weight excluding hydrogens is 126 g/mol. The van der Waals surface area contributed by atoms with Crippen LogP contribution in [0, 0.1) is 5.92 Å². The molecule has 58 valence electrons. The first-order valence-electron chi connectivity index (χ1n) is 4.01. The lowest BCUT2D eigenvalue weighted by molar-refractivity contribution is -0.0754. The summed E-state index contributed by atoms with van der Waals surface area (Å²) in [6.07, 6.45) is 0. The van der Waals surface area contributed by atoms with Crippen molar-refractivity contribution in [1.82, 2.24) is 4.90 Å². The number of rotatable bonds is 0. The number of fused-ring (bicyclic) bond motifs is 1. The van der Waals surface area contributed by atoms with Crippen molar-refractivity contribution in [3.63, 3.8) is 0 Å². The molecule has 0 radical (unpaired) electrons. The highest BCUT2D eigenvalue weighted by Crippen LogP contribution is 2.44. The van der Waals surface area contributed by atoms with Crippen molar-refractivity contribution < 1.29 is 4.74 Å². The molecule has 2 heteroatoms. The fraction of sp³-hybridized carbons (Fsp3) is 1.00. The molecule has 0 aliphatic carbocycles. The molecule has 0 aromatic rings. The molecule has 2 heterocycles.